The van der Waals surface area contributed by atoms with Gasteiger partial charge in [-0.05, 0) is 54.4 Å². The van der Waals surface area contributed by atoms with Gasteiger partial charge in [0.05, 0.1) is 0 Å². The van der Waals surface area contributed by atoms with Gasteiger partial charge in [-0.1, -0.05) is 41.0 Å². The van der Waals surface area contributed by atoms with Gasteiger partial charge in [-0.25, -0.2) is 0 Å². The highest BCUT2D eigenvalue weighted by Gasteiger charge is 2.68. The molecule has 0 radical (unpaired) electrons. The zero-order chi connectivity index (χ0) is 15.5. The summed E-state index contributed by atoms with van der Waals surface area (Å²) in [4.78, 5) is 12.8. The number of aliphatic hydroxyl groups excluding tert-OH is 1. The summed E-state index contributed by atoms with van der Waals surface area (Å²) in [5, 5.41) is 10.0. The van der Waals surface area contributed by atoms with Crippen molar-refractivity contribution in [2.24, 2.45) is 28.6 Å². The van der Waals surface area contributed by atoms with E-state index in [1.165, 1.54) is 11.1 Å². The molecule has 22 heavy (non-hydrogen) atoms. The molecule has 1 N–H and O–H groups in total. The Morgan fingerprint density at radius 3 is 2.82 bits per heavy atom. The van der Waals surface area contributed by atoms with Gasteiger partial charge in [-0.2, -0.15) is 0 Å². The molecule has 0 aromatic carbocycles. The topological polar surface area (TPSA) is 37.3 Å². The minimum atomic E-state index is 0.0678. The number of fused-ring (bicyclic) bond motifs is 1. The van der Waals surface area contributed by atoms with Crippen LogP contribution >= 0.6 is 21.6 Å². The Kier molecular flexibility index (Phi) is 3.75. The highest BCUT2D eigenvalue weighted by atomic mass is 33.1. The quantitative estimate of drug-likeness (QED) is 0.731. The largest absolute Gasteiger partial charge is 0.396 e. The van der Waals surface area contributed by atoms with Crippen molar-refractivity contribution in [3.8, 4) is 0 Å². The normalized spacial score (nSPS) is 43.6. The van der Waals surface area contributed by atoms with E-state index < -0.39 is 0 Å². The Morgan fingerprint density at radius 1 is 1.27 bits per heavy atom. The summed E-state index contributed by atoms with van der Waals surface area (Å²) in [6.45, 7) is 5.12. The van der Waals surface area contributed by atoms with E-state index in [1.807, 2.05) is 21.6 Å². The van der Waals surface area contributed by atoms with Crippen molar-refractivity contribution < 1.29 is 9.90 Å². The van der Waals surface area contributed by atoms with Crippen LogP contribution in [0.4, 0.5) is 0 Å². The fraction of sp³-hybridized carbons (Fsp3) is 0.833. The molecule has 0 saturated heterocycles. The number of Topliss-reactive ketones (excluding diaryl/α,β-unsaturated/α-hetero) is 1. The Labute approximate surface area is 141 Å². The molecule has 1 aliphatic heterocycles. The van der Waals surface area contributed by atoms with Crippen LogP contribution in [0, 0.1) is 28.6 Å². The Hall–Kier alpha value is 0.0700. The molecule has 122 valence electrons. The maximum Gasteiger partial charge on any atom is 0.159 e. The third-order valence-electron chi connectivity index (χ3n) is 7.35. The maximum absolute atomic E-state index is 12.8. The molecular weight excluding hydrogens is 312 g/mol. The first kappa shape index (κ1) is 15.6. The lowest BCUT2D eigenvalue weighted by molar-refractivity contribution is -0.123. The van der Waals surface area contributed by atoms with Crippen molar-refractivity contribution in [2.45, 2.75) is 46.0 Å². The molecule has 3 aliphatic carbocycles. The van der Waals surface area contributed by atoms with Crippen molar-refractivity contribution in [1.82, 2.24) is 0 Å². The van der Waals surface area contributed by atoms with E-state index in [1.54, 1.807) is 0 Å². The van der Waals surface area contributed by atoms with Crippen molar-refractivity contribution in [2.75, 3.05) is 18.1 Å². The molecule has 2 fully saturated rings. The molecule has 2 saturated carbocycles. The summed E-state index contributed by atoms with van der Waals surface area (Å²) in [5.41, 5.74) is 3.00. The highest BCUT2D eigenvalue weighted by Crippen LogP contribution is 2.74. The highest BCUT2D eigenvalue weighted by molar-refractivity contribution is 8.76. The number of ketones is 1. The van der Waals surface area contributed by atoms with Gasteiger partial charge in [-0.15, -0.1) is 0 Å². The zero-order valence-corrected chi connectivity index (χ0v) is 15.2. The second-order valence-corrected chi connectivity index (χ2v) is 10.8. The van der Waals surface area contributed by atoms with Crippen LogP contribution in [-0.4, -0.2) is 29.0 Å². The second-order valence-electron chi connectivity index (χ2n) is 8.12. The first-order chi connectivity index (χ1) is 10.5. The molecule has 2 nitrogen and oxygen atoms in total. The van der Waals surface area contributed by atoms with Gasteiger partial charge in [0.15, 0.2) is 5.78 Å². The van der Waals surface area contributed by atoms with Gasteiger partial charge < -0.3 is 5.11 Å². The van der Waals surface area contributed by atoms with Crippen molar-refractivity contribution in [1.29, 1.82) is 0 Å². The smallest absolute Gasteiger partial charge is 0.159 e. The number of allylic oxidation sites excluding steroid dienone is 2. The van der Waals surface area contributed by atoms with Gasteiger partial charge in [0, 0.05) is 29.9 Å². The number of carbonyl (C=O) groups excluding carboxylic acids is 1. The first-order valence-electron chi connectivity index (χ1n) is 8.63. The minimum Gasteiger partial charge on any atom is -0.396 e. The van der Waals surface area contributed by atoms with E-state index in [-0.39, 0.29) is 10.8 Å². The van der Waals surface area contributed by atoms with E-state index in [0.29, 0.717) is 30.1 Å². The van der Waals surface area contributed by atoms with Gasteiger partial charge in [-0.3, -0.25) is 4.79 Å². The Balaban J connectivity index is 1.90. The average molecular weight is 339 g/mol. The van der Waals surface area contributed by atoms with Gasteiger partial charge in [0.2, 0.25) is 0 Å². The van der Waals surface area contributed by atoms with Crippen LogP contribution in [0.25, 0.3) is 0 Å². The minimum absolute atomic E-state index is 0.0678. The van der Waals surface area contributed by atoms with Crippen LogP contribution in [0.5, 0.6) is 0 Å². The Morgan fingerprint density at radius 2 is 2.05 bits per heavy atom. The summed E-state index contributed by atoms with van der Waals surface area (Å²) in [6.07, 6.45) is 5.13. The molecule has 1 spiro atoms. The van der Waals surface area contributed by atoms with Gasteiger partial charge >= 0.3 is 0 Å². The number of aliphatic hydroxyl groups is 1. The molecule has 0 aromatic rings. The van der Waals surface area contributed by atoms with Crippen LogP contribution < -0.4 is 0 Å². The number of rotatable bonds is 1. The van der Waals surface area contributed by atoms with E-state index in [4.69, 9.17) is 0 Å². The fourth-order valence-corrected chi connectivity index (χ4v) is 8.36. The molecule has 0 amide bonds. The summed E-state index contributed by atoms with van der Waals surface area (Å²) in [5.74, 6) is 4.20. The van der Waals surface area contributed by atoms with Crippen LogP contribution in [0.3, 0.4) is 0 Å². The fourth-order valence-electron chi connectivity index (χ4n) is 6.25. The van der Waals surface area contributed by atoms with E-state index in [9.17, 15) is 9.90 Å². The van der Waals surface area contributed by atoms with Crippen molar-refractivity contribution in [3.05, 3.63) is 11.1 Å². The van der Waals surface area contributed by atoms with E-state index in [2.05, 4.69) is 13.8 Å². The summed E-state index contributed by atoms with van der Waals surface area (Å²) >= 11 is 0. The van der Waals surface area contributed by atoms with Gasteiger partial charge in [0.1, 0.15) is 0 Å². The molecule has 4 heteroatoms. The van der Waals surface area contributed by atoms with Crippen molar-refractivity contribution >= 4 is 27.4 Å². The molecule has 4 atom stereocenters. The van der Waals surface area contributed by atoms with Crippen LogP contribution in [0.2, 0.25) is 0 Å². The average Bonchev–Trinajstić information content (AvgIpc) is 2.79. The lowest BCUT2D eigenvalue weighted by Crippen LogP contribution is -2.51. The number of carbonyl (C=O) groups is 1. The third-order valence-corrected chi connectivity index (χ3v) is 9.79. The first-order valence-corrected chi connectivity index (χ1v) is 11.1. The molecule has 1 heterocycles. The van der Waals surface area contributed by atoms with Crippen molar-refractivity contribution in [3.63, 3.8) is 0 Å². The molecule has 3 bridgehead atoms. The molecular formula is C18H26O2S2. The molecule has 4 unspecified atom stereocenters. The molecule has 4 aliphatic rings. The standard InChI is InChI=1S/C18H26O2S2/c1-17(2)12-7-11(10-19)14-4-6-22-21-5-3-13-15(8-12)18(14,17)9-16(13)20/h11-12,14,19H,3-10H2,1-2H3. The number of hydrogen-bond acceptors (Lipinski definition) is 4. The lowest BCUT2D eigenvalue weighted by Gasteiger charge is -2.55. The molecule has 4 rings (SSSR count). The summed E-state index contributed by atoms with van der Waals surface area (Å²) in [7, 11) is 3.89. The van der Waals surface area contributed by atoms with Crippen LogP contribution in [-0.2, 0) is 4.79 Å². The van der Waals surface area contributed by atoms with Crippen LogP contribution in [0.15, 0.2) is 11.1 Å². The van der Waals surface area contributed by atoms with Crippen LogP contribution in [0.1, 0.15) is 46.0 Å². The second kappa shape index (κ2) is 5.29. The van der Waals surface area contributed by atoms with E-state index in [0.717, 1.165) is 43.6 Å². The summed E-state index contributed by atoms with van der Waals surface area (Å²) in [6, 6.07) is 0. The number of hydrogen-bond donors (Lipinski definition) is 1. The monoisotopic (exact) mass is 338 g/mol. The predicted octanol–water partition coefficient (Wildman–Crippen LogP) is 4.09. The van der Waals surface area contributed by atoms with Gasteiger partial charge in [0.25, 0.3) is 0 Å². The Bertz CT molecular complexity index is 539. The lowest BCUT2D eigenvalue weighted by atomic mass is 9.49. The SMILES string of the molecule is CC1(C)C2CC3=C4CCSSCCC(C(CO)C2)C31CC4=O. The zero-order valence-electron chi connectivity index (χ0n) is 13.6. The maximum atomic E-state index is 12.8. The summed E-state index contributed by atoms with van der Waals surface area (Å²) < 4.78 is 0. The molecule has 0 aromatic heterocycles. The predicted molar refractivity (Wildman–Crippen MR) is 93.8 cm³/mol. The van der Waals surface area contributed by atoms with E-state index >= 15 is 0 Å². The third kappa shape index (κ3) is 1.83.